The van der Waals surface area contributed by atoms with Crippen molar-refractivity contribution in [3.63, 3.8) is 0 Å². The summed E-state index contributed by atoms with van der Waals surface area (Å²) in [5.41, 5.74) is 1.15. The molecule has 2 nitrogen and oxygen atoms in total. The minimum absolute atomic E-state index is 0. The van der Waals surface area contributed by atoms with Crippen LogP contribution in [0, 0.1) is 0 Å². The second kappa shape index (κ2) is 9.02. The number of nitrogens with one attached hydrogen (secondary N) is 1. The van der Waals surface area contributed by atoms with Crippen molar-refractivity contribution in [2.75, 3.05) is 0 Å². The summed E-state index contributed by atoms with van der Waals surface area (Å²) in [5, 5.41) is 3.26. The SMILES string of the molecule is CCCC(C(=O)NC1CCCCC1)c1ccccc1.Cl. The Morgan fingerprint density at radius 2 is 1.85 bits per heavy atom. The Labute approximate surface area is 128 Å². The first-order valence-corrected chi connectivity index (χ1v) is 7.66. The summed E-state index contributed by atoms with van der Waals surface area (Å²) in [6, 6.07) is 10.6. The fourth-order valence-corrected chi connectivity index (χ4v) is 2.97. The Bertz CT molecular complexity index is 387. The van der Waals surface area contributed by atoms with Crippen LogP contribution in [-0.2, 0) is 4.79 Å². The van der Waals surface area contributed by atoms with E-state index in [1.807, 2.05) is 18.2 Å². The lowest BCUT2D eigenvalue weighted by Gasteiger charge is -2.25. The Morgan fingerprint density at radius 3 is 2.45 bits per heavy atom. The van der Waals surface area contributed by atoms with Gasteiger partial charge in [-0.25, -0.2) is 0 Å². The van der Waals surface area contributed by atoms with Crippen LogP contribution in [0.3, 0.4) is 0 Å². The minimum atomic E-state index is 0. The van der Waals surface area contributed by atoms with Gasteiger partial charge in [-0.05, 0) is 24.8 Å². The molecule has 20 heavy (non-hydrogen) atoms. The number of benzene rings is 1. The highest BCUT2D eigenvalue weighted by atomic mass is 35.5. The van der Waals surface area contributed by atoms with Crippen LogP contribution in [0.4, 0.5) is 0 Å². The molecule has 0 aromatic heterocycles. The first-order valence-electron chi connectivity index (χ1n) is 7.66. The van der Waals surface area contributed by atoms with E-state index in [1.54, 1.807) is 0 Å². The largest absolute Gasteiger partial charge is 0.353 e. The van der Waals surface area contributed by atoms with Crippen molar-refractivity contribution in [2.24, 2.45) is 0 Å². The molecule has 1 aliphatic rings. The van der Waals surface area contributed by atoms with E-state index in [0.717, 1.165) is 31.2 Å². The van der Waals surface area contributed by atoms with E-state index >= 15 is 0 Å². The number of carbonyl (C=O) groups is 1. The molecule has 1 saturated carbocycles. The summed E-state index contributed by atoms with van der Waals surface area (Å²) >= 11 is 0. The van der Waals surface area contributed by atoms with Crippen molar-refractivity contribution in [1.29, 1.82) is 0 Å². The molecule has 1 aromatic carbocycles. The zero-order chi connectivity index (χ0) is 13.5. The van der Waals surface area contributed by atoms with Gasteiger partial charge >= 0.3 is 0 Å². The lowest BCUT2D eigenvalue weighted by Crippen LogP contribution is -2.39. The molecule has 1 aliphatic carbocycles. The van der Waals surface area contributed by atoms with Crippen molar-refractivity contribution in [2.45, 2.75) is 63.8 Å². The van der Waals surface area contributed by atoms with E-state index in [-0.39, 0.29) is 24.2 Å². The predicted molar refractivity (Wildman–Crippen MR) is 86.4 cm³/mol. The fraction of sp³-hybridized carbons (Fsp3) is 0.588. The average molecular weight is 296 g/mol. The van der Waals surface area contributed by atoms with Gasteiger partial charge in [-0.1, -0.05) is 62.9 Å². The van der Waals surface area contributed by atoms with Crippen LogP contribution in [0.1, 0.15) is 63.4 Å². The third-order valence-corrected chi connectivity index (χ3v) is 4.05. The summed E-state index contributed by atoms with van der Waals surface area (Å²) in [6.45, 7) is 2.14. The maximum absolute atomic E-state index is 12.5. The zero-order valence-corrected chi connectivity index (χ0v) is 13.1. The minimum Gasteiger partial charge on any atom is -0.353 e. The molecule has 0 aliphatic heterocycles. The molecule has 0 heterocycles. The molecule has 0 saturated heterocycles. The van der Waals surface area contributed by atoms with Crippen LogP contribution < -0.4 is 5.32 Å². The first-order chi connectivity index (χ1) is 9.31. The average Bonchev–Trinajstić information content (AvgIpc) is 2.46. The highest BCUT2D eigenvalue weighted by molar-refractivity contribution is 5.85. The molecule has 2 rings (SSSR count). The topological polar surface area (TPSA) is 29.1 Å². The number of rotatable bonds is 5. The summed E-state index contributed by atoms with van der Waals surface area (Å²) in [7, 11) is 0. The molecule has 1 fully saturated rings. The van der Waals surface area contributed by atoms with Crippen LogP contribution in [-0.4, -0.2) is 11.9 Å². The highest BCUT2D eigenvalue weighted by Gasteiger charge is 2.23. The van der Waals surface area contributed by atoms with Crippen LogP contribution in [0.25, 0.3) is 0 Å². The molecule has 0 radical (unpaired) electrons. The van der Waals surface area contributed by atoms with Gasteiger partial charge in [-0.15, -0.1) is 12.4 Å². The Balaban J connectivity index is 0.00000200. The van der Waals surface area contributed by atoms with Gasteiger partial charge in [0.25, 0.3) is 0 Å². The van der Waals surface area contributed by atoms with Crippen molar-refractivity contribution in [3.8, 4) is 0 Å². The zero-order valence-electron chi connectivity index (χ0n) is 12.3. The van der Waals surface area contributed by atoms with Crippen molar-refractivity contribution in [3.05, 3.63) is 35.9 Å². The third kappa shape index (κ3) is 4.82. The molecule has 1 N–H and O–H groups in total. The van der Waals surface area contributed by atoms with Gasteiger partial charge in [0, 0.05) is 6.04 Å². The fourth-order valence-electron chi connectivity index (χ4n) is 2.97. The summed E-state index contributed by atoms with van der Waals surface area (Å²) in [4.78, 5) is 12.5. The van der Waals surface area contributed by atoms with E-state index in [4.69, 9.17) is 0 Å². The number of hydrogen-bond donors (Lipinski definition) is 1. The summed E-state index contributed by atoms with van der Waals surface area (Å²) in [6.07, 6.45) is 8.12. The molecular weight excluding hydrogens is 270 g/mol. The van der Waals surface area contributed by atoms with Gasteiger partial charge in [0.15, 0.2) is 0 Å². The number of hydrogen-bond acceptors (Lipinski definition) is 1. The molecule has 1 aromatic rings. The number of halogens is 1. The van der Waals surface area contributed by atoms with E-state index < -0.39 is 0 Å². The van der Waals surface area contributed by atoms with Crippen molar-refractivity contribution in [1.82, 2.24) is 5.32 Å². The van der Waals surface area contributed by atoms with Gasteiger partial charge in [-0.2, -0.15) is 0 Å². The first kappa shape index (κ1) is 17.0. The normalized spacial score (nSPS) is 17.1. The Kier molecular flexibility index (Phi) is 7.68. The van der Waals surface area contributed by atoms with E-state index in [0.29, 0.717) is 6.04 Å². The van der Waals surface area contributed by atoms with Gasteiger partial charge in [0.1, 0.15) is 0 Å². The molecule has 1 amide bonds. The van der Waals surface area contributed by atoms with Gasteiger partial charge < -0.3 is 5.32 Å². The molecule has 1 atom stereocenters. The van der Waals surface area contributed by atoms with Crippen LogP contribution in [0.5, 0.6) is 0 Å². The second-order valence-electron chi connectivity index (χ2n) is 5.60. The highest BCUT2D eigenvalue weighted by Crippen LogP contribution is 2.23. The summed E-state index contributed by atoms with van der Waals surface area (Å²) < 4.78 is 0. The molecule has 0 spiro atoms. The van der Waals surface area contributed by atoms with Crippen LogP contribution >= 0.6 is 12.4 Å². The lowest BCUT2D eigenvalue weighted by atomic mass is 9.91. The smallest absolute Gasteiger partial charge is 0.227 e. The molecule has 3 heteroatoms. The maximum atomic E-state index is 12.5. The van der Waals surface area contributed by atoms with Gasteiger partial charge in [0.05, 0.1) is 5.92 Å². The number of carbonyl (C=O) groups excluding carboxylic acids is 1. The predicted octanol–water partition coefficient (Wildman–Crippen LogP) is 4.44. The van der Waals surface area contributed by atoms with E-state index in [1.165, 1.54) is 19.3 Å². The molecule has 0 bridgehead atoms. The van der Waals surface area contributed by atoms with Gasteiger partial charge in [0.2, 0.25) is 5.91 Å². The second-order valence-corrected chi connectivity index (χ2v) is 5.60. The van der Waals surface area contributed by atoms with E-state index in [2.05, 4.69) is 24.4 Å². The Hall–Kier alpha value is -1.02. The van der Waals surface area contributed by atoms with Gasteiger partial charge in [-0.3, -0.25) is 4.79 Å². The standard InChI is InChI=1S/C17H25NO.ClH/c1-2-9-16(14-10-5-3-6-11-14)17(19)18-15-12-7-4-8-13-15;/h3,5-6,10-11,15-16H,2,4,7-9,12-13H2,1H3,(H,18,19);1H. The van der Waals surface area contributed by atoms with Crippen molar-refractivity contribution < 1.29 is 4.79 Å². The summed E-state index contributed by atoms with van der Waals surface area (Å²) in [5.74, 6) is 0.244. The maximum Gasteiger partial charge on any atom is 0.227 e. The molecular formula is C17H26ClNO. The van der Waals surface area contributed by atoms with Crippen molar-refractivity contribution >= 4 is 18.3 Å². The monoisotopic (exact) mass is 295 g/mol. The van der Waals surface area contributed by atoms with Crippen LogP contribution in [0.15, 0.2) is 30.3 Å². The molecule has 1 unspecified atom stereocenters. The van der Waals surface area contributed by atoms with Crippen LogP contribution in [0.2, 0.25) is 0 Å². The number of amides is 1. The quantitative estimate of drug-likeness (QED) is 0.855. The lowest BCUT2D eigenvalue weighted by molar-refractivity contribution is -0.123. The third-order valence-electron chi connectivity index (χ3n) is 4.05. The molecule has 112 valence electrons. The Morgan fingerprint density at radius 1 is 1.20 bits per heavy atom. The van der Waals surface area contributed by atoms with E-state index in [9.17, 15) is 4.79 Å².